The largest absolute Gasteiger partial charge is 0.319 e. The molecule has 1 aliphatic heterocycles. The van der Waals surface area contributed by atoms with Crippen molar-refractivity contribution in [3.63, 3.8) is 0 Å². The van der Waals surface area contributed by atoms with Gasteiger partial charge in [0.2, 0.25) is 5.91 Å². The Kier molecular flexibility index (Phi) is 4.49. The van der Waals surface area contributed by atoms with Crippen molar-refractivity contribution >= 4 is 34.8 Å². The smallest absolute Gasteiger partial charge is 0.255 e. The number of benzene rings is 2. The van der Waals surface area contributed by atoms with Crippen LogP contribution in [0.5, 0.6) is 0 Å². The minimum atomic E-state index is -0.742. The molecule has 7 heteroatoms. The van der Waals surface area contributed by atoms with Gasteiger partial charge in [0.15, 0.2) is 0 Å². The van der Waals surface area contributed by atoms with Crippen LogP contribution in [0.15, 0.2) is 36.4 Å². The predicted octanol–water partition coefficient (Wildman–Crippen LogP) is 4.00. The van der Waals surface area contributed by atoms with Crippen LogP contribution in [-0.4, -0.2) is 18.4 Å². The number of rotatable bonds is 3. The van der Waals surface area contributed by atoms with Crippen LogP contribution in [0.2, 0.25) is 5.02 Å². The Balaban J connectivity index is 1.88. The average Bonchev–Trinajstić information content (AvgIpc) is 2.97. The Morgan fingerprint density at radius 1 is 1.17 bits per heavy atom. The predicted molar refractivity (Wildman–Crippen MR) is 87.4 cm³/mol. The number of nitrogens with one attached hydrogen (secondary N) is 1. The van der Waals surface area contributed by atoms with E-state index in [-0.39, 0.29) is 17.2 Å². The fourth-order valence-electron chi connectivity index (χ4n) is 2.55. The Hall–Kier alpha value is -2.47. The molecule has 2 aromatic rings. The van der Waals surface area contributed by atoms with E-state index in [1.54, 1.807) is 0 Å². The summed E-state index contributed by atoms with van der Waals surface area (Å²) in [6.07, 6.45) is 1.15. The van der Waals surface area contributed by atoms with Crippen LogP contribution in [-0.2, 0) is 4.79 Å². The van der Waals surface area contributed by atoms with E-state index in [0.29, 0.717) is 23.7 Å². The lowest BCUT2D eigenvalue weighted by Gasteiger charge is -2.18. The molecule has 1 fully saturated rings. The van der Waals surface area contributed by atoms with Crippen LogP contribution in [0.4, 0.5) is 20.2 Å². The average molecular weight is 351 g/mol. The van der Waals surface area contributed by atoms with Crippen LogP contribution in [0, 0.1) is 11.6 Å². The highest BCUT2D eigenvalue weighted by Crippen LogP contribution is 2.30. The SMILES string of the molecule is O=C(Nc1cc(F)ccc1F)c1ccc(Cl)c(N2CCCC2=O)c1. The summed E-state index contributed by atoms with van der Waals surface area (Å²) in [5.41, 5.74) is 0.373. The molecule has 0 atom stereocenters. The zero-order chi connectivity index (χ0) is 17.3. The van der Waals surface area contributed by atoms with E-state index in [1.807, 2.05) is 0 Å². The second-order valence-corrected chi connectivity index (χ2v) is 5.80. The van der Waals surface area contributed by atoms with Crippen molar-refractivity contribution in [2.45, 2.75) is 12.8 Å². The van der Waals surface area contributed by atoms with Crippen LogP contribution < -0.4 is 10.2 Å². The normalized spacial score (nSPS) is 14.1. The molecule has 0 saturated carbocycles. The first-order valence-corrected chi connectivity index (χ1v) is 7.70. The van der Waals surface area contributed by atoms with E-state index in [2.05, 4.69) is 5.32 Å². The molecule has 1 heterocycles. The first-order chi connectivity index (χ1) is 11.5. The maximum absolute atomic E-state index is 13.6. The van der Waals surface area contributed by atoms with Crippen LogP contribution >= 0.6 is 11.6 Å². The lowest BCUT2D eigenvalue weighted by Crippen LogP contribution is -2.24. The molecular weight excluding hydrogens is 338 g/mol. The molecule has 1 aliphatic rings. The molecule has 0 spiro atoms. The van der Waals surface area contributed by atoms with Crippen molar-refractivity contribution in [1.29, 1.82) is 0 Å². The van der Waals surface area contributed by atoms with Crippen molar-refractivity contribution in [3.8, 4) is 0 Å². The quantitative estimate of drug-likeness (QED) is 0.909. The molecule has 1 N–H and O–H groups in total. The van der Waals surface area contributed by atoms with Crippen molar-refractivity contribution < 1.29 is 18.4 Å². The lowest BCUT2D eigenvalue weighted by molar-refractivity contribution is -0.117. The molecule has 2 aromatic carbocycles. The number of hydrogen-bond donors (Lipinski definition) is 1. The fourth-order valence-corrected chi connectivity index (χ4v) is 2.77. The zero-order valence-electron chi connectivity index (χ0n) is 12.5. The number of anilines is 2. The number of carbonyl (C=O) groups is 2. The van der Waals surface area contributed by atoms with Crippen LogP contribution in [0.25, 0.3) is 0 Å². The summed E-state index contributed by atoms with van der Waals surface area (Å²) in [6, 6.07) is 7.22. The van der Waals surface area contributed by atoms with Gasteiger partial charge < -0.3 is 10.2 Å². The van der Waals surface area contributed by atoms with Crippen LogP contribution in [0.3, 0.4) is 0 Å². The second kappa shape index (κ2) is 6.57. The van der Waals surface area contributed by atoms with E-state index in [9.17, 15) is 18.4 Å². The summed E-state index contributed by atoms with van der Waals surface area (Å²) in [6.45, 7) is 0.530. The third-order valence-corrected chi connectivity index (χ3v) is 4.07. The summed E-state index contributed by atoms with van der Waals surface area (Å²) >= 11 is 6.12. The number of nitrogens with zero attached hydrogens (tertiary/aromatic N) is 1. The Morgan fingerprint density at radius 2 is 1.96 bits per heavy atom. The number of carbonyl (C=O) groups excluding carboxylic acids is 2. The minimum absolute atomic E-state index is 0.0642. The Morgan fingerprint density at radius 3 is 2.67 bits per heavy atom. The van der Waals surface area contributed by atoms with Gasteiger partial charge in [0.25, 0.3) is 5.91 Å². The number of hydrogen-bond acceptors (Lipinski definition) is 2. The summed E-state index contributed by atoms with van der Waals surface area (Å²) < 4.78 is 26.8. The number of halogens is 3. The highest BCUT2D eigenvalue weighted by molar-refractivity contribution is 6.34. The second-order valence-electron chi connectivity index (χ2n) is 5.39. The topological polar surface area (TPSA) is 49.4 Å². The van der Waals surface area contributed by atoms with E-state index < -0.39 is 17.5 Å². The summed E-state index contributed by atoms with van der Waals surface area (Å²) in [4.78, 5) is 25.7. The highest BCUT2D eigenvalue weighted by atomic mass is 35.5. The van der Waals surface area contributed by atoms with Gasteiger partial charge in [-0.25, -0.2) is 8.78 Å². The molecule has 24 heavy (non-hydrogen) atoms. The molecule has 124 valence electrons. The molecule has 4 nitrogen and oxygen atoms in total. The zero-order valence-corrected chi connectivity index (χ0v) is 13.2. The number of amides is 2. The molecular formula is C17H13ClF2N2O2. The molecule has 0 unspecified atom stereocenters. The summed E-state index contributed by atoms with van der Waals surface area (Å²) in [7, 11) is 0. The monoisotopic (exact) mass is 350 g/mol. The fraction of sp³-hybridized carbons (Fsp3) is 0.176. The van der Waals surface area contributed by atoms with E-state index in [4.69, 9.17) is 11.6 Å². The maximum atomic E-state index is 13.6. The van der Waals surface area contributed by atoms with Crippen molar-refractivity contribution in [2.24, 2.45) is 0 Å². The third kappa shape index (κ3) is 3.23. The molecule has 0 aliphatic carbocycles. The van der Waals surface area contributed by atoms with Crippen LogP contribution in [0.1, 0.15) is 23.2 Å². The van der Waals surface area contributed by atoms with Gasteiger partial charge >= 0.3 is 0 Å². The Bertz CT molecular complexity index is 826. The van der Waals surface area contributed by atoms with Gasteiger partial charge in [-0.1, -0.05) is 11.6 Å². The molecule has 0 bridgehead atoms. The Labute approximate surface area is 142 Å². The standard InChI is InChI=1S/C17H13ClF2N2O2/c18-12-5-3-10(8-15(12)22-7-1-2-16(22)23)17(24)21-14-9-11(19)4-6-13(14)20/h3-6,8-9H,1-2,7H2,(H,21,24). The van der Waals surface area contributed by atoms with Gasteiger partial charge in [-0.15, -0.1) is 0 Å². The van der Waals surface area contributed by atoms with Gasteiger partial charge in [-0.3, -0.25) is 9.59 Å². The van der Waals surface area contributed by atoms with Gasteiger partial charge in [0.1, 0.15) is 11.6 Å². The van der Waals surface area contributed by atoms with Gasteiger partial charge in [-0.05, 0) is 36.8 Å². The van der Waals surface area contributed by atoms with Gasteiger partial charge in [0, 0.05) is 24.6 Å². The first kappa shape index (κ1) is 16.4. The van der Waals surface area contributed by atoms with E-state index in [1.165, 1.54) is 23.1 Å². The first-order valence-electron chi connectivity index (χ1n) is 7.32. The van der Waals surface area contributed by atoms with E-state index >= 15 is 0 Å². The van der Waals surface area contributed by atoms with Crippen molar-refractivity contribution in [3.05, 3.63) is 58.6 Å². The summed E-state index contributed by atoms with van der Waals surface area (Å²) in [5.74, 6) is -2.09. The van der Waals surface area contributed by atoms with Gasteiger partial charge in [-0.2, -0.15) is 0 Å². The maximum Gasteiger partial charge on any atom is 0.255 e. The lowest BCUT2D eigenvalue weighted by atomic mass is 10.1. The minimum Gasteiger partial charge on any atom is -0.319 e. The highest BCUT2D eigenvalue weighted by Gasteiger charge is 2.24. The molecule has 3 rings (SSSR count). The van der Waals surface area contributed by atoms with Gasteiger partial charge in [0.05, 0.1) is 16.4 Å². The van der Waals surface area contributed by atoms with Crippen molar-refractivity contribution in [2.75, 3.05) is 16.8 Å². The van der Waals surface area contributed by atoms with Crippen molar-refractivity contribution in [1.82, 2.24) is 0 Å². The molecule has 0 aromatic heterocycles. The molecule has 0 radical (unpaired) electrons. The molecule has 1 saturated heterocycles. The molecule has 2 amide bonds. The van der Waals surface area contributed by atoms with E-state index in [0.717, 1.165) is 24.6 Å². The summed E-state index contributed by atoms with van der Waals surface area (Å²) in [5, 5.41) is 2.66. The third-order valence-electron chi connectivity index (χ3n) is 3.75.